The first-order chi connectivity index (χ1) is 24.0. The van der Waals surface area contributed by atoms with Gasteiger partial charge in [0.2, 0.25) is 27.7 Å². The van der Waals surface area contributed by atoms with Crippen LogP contribution < -0.4 is 14.8 Å². The molecular weight excluding hydrogens is 669 g/mol. The van der Waals surface area contributed by atoms with Crippen molar-refractivity contribution in [3.63, 3.8) is 0 Å². The first kappa shape index (κ1) is 33.6. The summed E-state index contributed by atoms with van der Waals surface area (Å²) in [6.45, 7) is 0. The highest BCUT2D eigenvalue weighted by Gasteiger charge is 2.49. The van der Waals surface area contributed by atoms with Crippen molar-refractivity contribution in [1.29, 1.82) is 0 Å². The number of carboxylic acid groups (broad SMARTS) is 1. The van der Waals surface area contributed by atoms with E-state index in [4.69, 9.17) is 9.72 Å². The van der Waals surface area contributed by atoms with Crippen molar-refractivity contribution in [2.75, 3.05) is 0 Å². The molecule has 1 saturated carbocycles. The molecule has 15 heteroatoms. The minimum absolute atomic E-state index is 0.0502. The third-order valence-corrected chi connectivity index (χ3v) is 11.6. The standard InChI is InChI=1S/C35H36FN5O8S/c36-20-9-12-23-24(16-20)22-6-2-4-7-26(22)38-34(23)49-32-14-13-30(42)27(39-35(45)46)8-3-1-5-19-15-28(19)37-18-29-25(17-31(43)41(29)32)33(44)40-50(47,48)21-10-11-21/h2,4,6-7,9,12,16,18,21,25,27,29,32,39H,1,3,5,8,10-11,13-15,17H2,(H,40,44)(H,45,46)/t25-,27+,29-,32-/m1/s1. The topological polar surface area (TPSA) is 184 Å². The molecule has 1 aromatic heterocycles. The quantitative estimate of drug-likeness (QED) is 0.314. The van der Waals surface area contributed by atoms with Gasteiger partial charge in [-0.05, 0) is 67.3 Å². The van der Waals surface area contributed by atoms with E-state index in [9.17, 15) is 37.1 Å². The van der Waals surface area contributed by atoms with Crippen LogP contribution in [0.5, 0.6) is 5.88 Å². The summed E-state index contributed by atoms with van der Waals surface area (Å²) in [5.41, 5.74) is 2.35. The monoisotopic (exact) mass is 705 g/mol. The second-order valence-corrected chi connectivity index (χ2v) is 15.2. The number of halogens is 1. The van der Waals surface area contributed by atoms with Crippen molar-refractivity contribution in [1.82, 2.24) is 19.9 Å². The maximum Gasteiger partial charge on any atom is 0.405 e. The molecule has 13 nitrogen and oxygen atoms in total. The van der Waals surface area contributed by atoms with E-state index in [2.05, 4.69) is 15.0 Å². The van der Waals surface area contributed by atoms with E-state index in [0.717, 1.165) is 11.3 Å². The summed E-state index contributed by atoms with van der Waals surface area (Å²) in [6, 6.07) is 9.17. The Morgan fingerprint density at radius 3 is 2.56 bits per heavy atom. The molecule has 50 heavy (non-hydrogen) atoms. The second-order valence-electron chi connectivity index (χ2n) is 13.3. The second kappa shape index (κ2) is 13.4. The van der Waals surface area contributed by atoms with Gasteiger partial charge in [0.15, 0.2) is 12.0 Å². The summed E-state index contributed by atoms with van der Waals surface area (Å²) in [5, 5.41) is 12.7. The predicted molar refractivity (Wildman–Crippen MR) is 180 cm³/mol. The molecule has 3 amide bonds. The van der Waals surface area contributed by atoms with Crippen LogP contribution in [0.2, 0.25) is 0 Å². The Bertz CT molecular complexity index is 2080. The van der Waals surface area contributed by atoms with Crippen LogP contribution in [-0.2, 0) is 24.4 Å². The lowest BCUT2D eigenvalue weighted by molar-refractivity contribution is -0.137. The number of aliphatic imine (C=N–C) groups is 1. The zero-order valence-corrected chi connectivity index (χ0v) is 27.8. The maximum absolute atomic E-state index is 14.5. The molecule has 262 valence electrons. The third kappa shape index (κ3) is 7.04. The number of hydrogen-bond acceptors (Lipinski definition) is 9. The molecule has 1 saturated heterocycles. The van der Waals surface area contributed by atoms with Crippen molar-refractivity contribution in [2.24, 2.45) is 10.9 Å². The molecule has 3 aromatic rings. The summed E-state index contributed by atoms with van der Waals surface area (Å²) < 4.78 is 48.7. The van der Waals surface area contributed by atoms with E-state index in [0.29, 0.717) is 60.2 Å². The molecule has 0 bridgehead atoms. The lowest BCUT2D eigenvalue weighted by atomic mass is 9.99. The van der Waals surface area contributed by atoms with Gasteiger partial charge in [0.05, 0.1) is 28.8 Å². The number of nitrogens with one attached hydrogen (secondary N) is 2. The number of hydrogen-bond donors (Lipinski definition) is 3. The van der Waals surface area contributed by atoms with Crippen LogP contribution in [0, 0.1) is 11.7 Å². The molecule has 2 aliphatic carbocycles. The van der Waals surface area contributed by atoms with Gasteiger partial charge in [0.25, 0.3) is 0 Å². The lowest BCUT2D eigenvalue weighted by Crippen LogP contribution is -2.50. The number of pyridine rings is 1. The zero-order valence-electron chi connectivity index (χ0n) is 27.0. The van der Waals surface area contributed by atoms with Crippen LogP contribution >= 0.6 is 0 Å². The minimum Gasteiger partial charge on any atom is -0.465 e. The van der Waals surface area contributed by atoms with Crippen LogP contribution in [0.25, 0.3) is 21.7 Å². The molecule has 2 aromatic carbocycles. The van der Waals surface area contributed by atoms with E-state index in [-0.39, 0.29) is 31.6 Å². The number of ketones is 1. The fourth-order valence-electron chi connectivity index (χ4n) is 6.88. The van der Waals surface area contributed by atoms with Gasteiger partial charge in [-0.1, -0.05) is 24.6 Å². The van der Waals surface area contributed by atoms with E-state index in [1.807, 2.05) is 0 Å². The number of fused-ring (bicyclic) bond motifs is 4. The van der Waals surface area contributed by atoms with Gasteiger partial charge < -0.3 is 15.2 Å². The molecule has 3 N–H and O–H groups in total. The Hall–Kier alpha value is -4.92. The summed E-state index contributed by atoms with van der Waals surface area (Å²) >= 11 is 0. The highest BCUT2D eigenvalue weighted by Crippen LogP contribution is 2.39. The Morgan fingerprint density at radius 2 is 1.78 bits per heavy atom. The average Bonchev–Trinajstić information content (AvgIpc) is 4.01. The Morgan fingerprint density at radius 1 is 0.980 bits per heavy atom. The number of sulfonamides is 1. The highest BCUT2D eigenvalue weighted by atomic mass is 32.2. The Labute approximate surface area is 287 Å². The number of rotatable bonds is 6. The van der Waals surface area contributed by atoms with Gasteiger partial charge in [0, 0.05) is 48.4 Å². The molecule has 0 spiro atoms. The van der Waals surface area contributed by atoms with Crippen molar-refractivity contribution in [3.05, 3.63) is 59.6 Å². The largest absolute Gasteiger partial charge is 0.465 e. The van der Waals surface area contributed by atoms with Gasteiger partial charge >= 0.3 is 6.09 Å². The van der Waals surface area contributed by atoms with Crippen LogP contribution in [0.1, 0.15) is 64.2 Å². The number of ether oxygens (including phenoxy) is 1. The van der Waals surface area contributed by atoms with Crippen molar-refractivity contribution < 1.29 is 41.8 Å². The first-order valence-electron chi connectivity index (χ1n) is 16.8. The van der Waals surface area contributed by atoms with Crippen LogP contribution in [-0.4, -0.2) is 76.9 Å². The number of aromatic nitrogens is 1. The molecule has 4 aliphatic rings. The smallest absolute Gasteiger partial charge is 0.405 e. The molecule has 2 fully saturated rings. The molecule has 0 radical (unpaired) electrons. The number of amides is 3. The molecule has 7 rings (SSSR count). The van der Waals surface area contributed by atoms with E-state index < -0.39 is 69.0 Å². The number of allylic oxidation sites excluding steroid dienone is 2. The van der Waals surface area contributed by atoms with Gasteiger partial charge in [-0.2, -0.15) is 0 Å². The number of Topliss-reactive ketones (excluding diaryl/α,β-unsaturated/α-hetero) is 1. The summed E-state index contributed by atoms with van der Waals surface area (Å²) in [4.78, 5) is 63.3. The number of carbonyl (C=O) groups is 4. The lowest BCUT2D eigenvalue weighted by Gasteiger charge is -2.33. The number of benzene rings is 2. The van der Waals surface area contributed by atoms with Crippen molar-refractivity contribution in [2.45, 2.75) is 87.8 Å². The number of nitrogens with zero attached hydrogens (tertiary/aromatic N) is 3. The zero-order chi connectivity index (χ0) is 35.2. The summed E-state index contributed by atoms with van der Waals surface area (Å²) in [6.07, 6.45) is 2.05. The minimum atomic E-state index is -3.92. The van der Waals surface area contributed by atoms with Gasteiger partial charge in [0.1, 0.15) is 5.82 Å². The number of para-hydroxylation sites is 1. The molecule has 0 unspecified atom stereocenters. The van der Waals surface area contributed by atoms with E-state index in [1.54, 1.807) is 24.3 Å². The van der Waals surface area contributed by atoms with E-state index >= 15 is 0 Å². The average molecular weight is 706 g/mol. The van der Waals surface area contributed by atoms with Crippen LogP contribution in [0.4, 0.5) is 9.18 Å². The fourth-order valence-corrected chi connectivity index (χ4v) is 8.23. The van der Waals surface area contributed by atoms with Gasteiger partial charge in [-0.3, -0.25) is 29.0 Å². The third-order valence-electron chi connectivity index (χ3n) is 9.74. The molecular formula is C35H36FN5O8S. The molecule has 2 aliphatic heterocycles. The summed E-state index contributed by atoms with van der Waals surface area (Å²) in [5.74, 6) is -3.34. The van der Waals surface area contributed by atoms with Gasteiger partial charge in [-0.25, -0.2) is 22.6 Å². The maximum atomic E-state index is 14.5. The predicted octanol–water partition coefficient (Wildman–Crippen LogP) is 4.35. The highest BCUT2D eigenvalue weighted by molar-refractivity contribution is 7.90. The molecule has 4 atom stereocenters. The van der Waals surface area contributed by atoms with Crippen LogP contribution in [0.3, 0.4) is 0 Å². The van der Waals surface area contributed by atoms with Crippen molar-refractivity contribution in [3.8, 4) is 5.88 Å². The van der Waals surface area contributed by atoms with Gasteiger partial charge in [-0.15, -0.1) is 0 Å². The van der Waals surface area contributed by atoms with E-state index in [1.165, 1.54) is 29.3 Å². The normalized spacial score (nSPS) is 24.7. The fraction of sp³-hybridized carbons (Fsp3) is 0.429. The van der Waals surface area contributed by atoms with Crippen LogP contribution in [0.15, 0.2) is 58.7 Å². The summed E-state index contributed by atoms with van der Waals surface area (Å²) in [7, 11) is -3.92. The molecule has 3 heterocycles. The van der Waals surface area contributed by atoms with Crippen molar-refractivity contribution >= 4 is 61.6 Å². The Balaban J connectivity index is 1.30. The SMILES string of the molecule is O=C(O)N[C@H]1CCCCC2=C(C2)N=C[C@@H]2[C@H](C(=O)NS(=O)(=O)C3CC3)CC(=O)N2[C@H](Oc2nc3ccccc3c3cc(F)ccc23)CCC1=O. The Kier molecular flexibility index (Phi) is 9.01. The number of carbonyl (C=O) groups excluding carboxylic acids is 3. The first-order valence-corrected chi connectivity index (χ1v) is 18.3.